The van der Waals surface area contributed by atoms with Crippen LogP contribution < -0.4 is 0 Å². The van der Waals surface area contributed by atoms with Gasteiger partial charge < -0.3 is 18.8 Å². The van der Waals surface area contributed by atoms with Gasteiger partial charge in [0, 0.05) is 35.1 Å². The van der Waals surface area contributed by atoms with Crippen LogP contribution in [0.25, 0.3) is 0 Å². The molecular weight excluding hydrogens is 435 g/mol. The van der Waals surface area contributed by atoms with Gasteiger partial charge in [0.15, 0.2) is 0 Å². The van der Waals surface area contributed by atoms with E-state index in [0.717, 1.165) is 5.56 Å². The van der Waals surface area contributed by atoms with E-state index in [9.17, 15) is 0 Å². The van der Waals surface area contributed by atoms with Gasteiger partial charge in [-0.3, -0.25) is 0 Å². The third-order valence-electron chi connectivity index (χ3n) is 4.90. The average Bonchev–Trinajstić information content (AvgIpc) is 3.35. The molecule has 0 amide bonds. The number of imidazole rings is 1. The van der Waals surface area contributed by atoms with Crippen LogP contribution >= 0.6 is 34.8 Å². The minimum Gasteiger partial charge on any atom is -0.374 e. The molecule has 3 unspecified atom stereocenters. The number of nitrogens with zero attached hydrogens (tertiary/aromatic N) is 2. The quantitative estimate of drug-likeness (QED) is 0.494. The van der Waals surface area contributed by atoms with Crippen LogP contribution in [0.3, 0.4) is 0 Å². The molecule has 0 bridgehead atoms. The number of rotatable bonds is 6. The molecule has 29 heavy (non-hydrogen) atoms. The van der Waals surface area contributed by atoms with Gasteiger partial charge >= 0.3 is 0 Å². The third kappa shape index (κ3) is 4.31. The Morgan fingerprint density at radius 2 is 1.93 bits per heavy atom. The van der Waals surface area contributed by atoms with Gasteiger partial charge in [-0.2, -0.15) is 0 Å². The normalized spacial score (nSPS) is 22.7. The number of benzene rings is 2. The van der Waals surface area contributed by atoms with Crippen molar-refractivity contribution in [3.8, 4) is 0 Å². The highest BCUT2D eigenvalue weighted by Crippen LogP contribution is 2.43. The van der Waals surface area contributed by atoms with E-state index in [2.05, 4.69) is 4.98 Å². The topological polar surface area (TPSA) is 45.5 Å². The first kappa shape index (κ1) is 20.7. The van der Waals surface area contributed by atoms with Crippen LogP contribution in [0.15, 0.2) is 61.2 Å². The van der Waals surface area contributed by atoms with Gasteiger partial charge in [-0.1, -0.05) is 53.0 Å². The molecule has 0 aliphatic carbocycles. The molecule has 1 aliphatic heterocycles. The molecule has 0 N–H and O–H groups in total. The molecule has 0 saturated carbocycles. The Balaban J connectivity index is 1.68. The molecule has 1 aliphatic rings. The number of aromatic nitrogens is 2. The standard InChI is InChI=1S/C21H19Cl3N2O3/c1-27-20(14-2-4-15(22)5-3-14)19-11-28-21(29-19,12-26-9-8-25-13-26)17-7-6-16(23)10-18(17)24/h2-10,13,19-20H,11-12H2,1H3. The zero-order valence-electron chi connectivity index (χ0n) is 15.6. The maximum atomic E-state index is 6.52. The van der Waals surface area contributed by atoms with Gasteiger partial charge in [0.2, 0.25) is 5.79 Å². The Labute approximate surface area is 184 Å². The van der Waals surface area contributed by atoms with E-state index < -0.39 is 5.79 Å². The monoisotopic (exact) mass is 452 g/mol. The molecule has 1 saturated heterocycles. The van der Waals surface area contributed by atoms with Gasteiger partial charge in [-0.05, 0) is 29.8 Å². The highest BCUT2D eigenvalue weighted by atomic mass is 35.5. The van der Waals surface area contributed by atoms with Gasteiger partial charge in [-0.25, -0.2) is 4.98 Å². The van der Waals surface area contributed by atoms with Crippen molar-refractivity contribution in [2.45, 2.75) is 24.5 Å². The van der Waals surface area contributed by atoms with Crippen LogP contribution in [0.5, 0.6) is 0 Å². The average molecular weight is 454 g/mol. The molecule has 4 rings (SSSR count). The first-order valence-electron chi connectivity index (χ1n) is 9.02. The van der Waals surface area contributed by atoms with Crippen molar-refractivity contribution >= 4 is 34.8 Å². The summed E-state index contributed by atoms with van der Waals surface area (Å²) in [6.07, 6.45) is 4.58. The van der Waals surface area contributed by atoms with Crippen molar-refractivity contribution in [3.63, 3.8) is 0 Å². The largest absolute Gasteiger partial charge is 0.374 e. The SMILES string of the molecule is COC(c1ccc(Cl)cc1)C1COC(Cn2ccnc2)(c2ccc(Cl)cc2Cl)O1. The third-order valence-corrected chi connectivity index (χ3v) is 5.70. The van der Waals surface area contributed by atoms with E-state index in [1.54, 1.807) is 31.8 Å². The molecule has 8 heteroatoms. The molecular formula is C21H19Cl3N2O3. The molecule has 5 nitrogen and oxygen atoms in total. The van der Waals surface area contributed by atoms with Crippen LogP contribution in [0, 0.1) is 0 Å². The van der Waals surface area contributed by atoms with Gasteiger partial charge in [0.1, 0.15) is 12.2 Å². The molecule has 1 aromatic heterocycles. The minimum absolute atomic E-state index is 0.328. The summed E-state index contributed by atoms with van der Waals surface area (Å²) in [7, 11) is 1.65. The summed E-state index contributed by atoms with van der Waals surface area (Å²) in [5, 5.41) is 1.68. The Morgan fingerprint density at radius 1 is 1.17 bits per heavy atom. The molecule has 152 valence electrons. The van der Waals surface area contributed by atoms with Crippen molar-refractivity contribution in [2.75, 3.05) is 13.7 Å². The van der Waals surface area contributed by atoms with Crippen molar-refractivity contribution in [1.82, 2.24) is 9.55 Å². The van der Waals surface area contributed by atoms with Crippen LogP contribution in [0.1, 0.15) is 17.2 Å². The van der Waals surface area contributed by atoms with Crippen LogP contribution in [0.2, 0.25) is 15.1 Å². The van der Waals surface area contributed by atoms with Crippen LogP contribution in [-0.4, -0.2) is 29.4 Å². The van der Waals surface area contributed by atoms with Gasteiger partial charge in [-0.15, -0.1) is 0 Å². The summed E-state index contributed by atoms with van der Waals surface area (Å²) in [6.45, 7) is 0.705. The minimum atomic E-state index is -1.10. The van der Waals surface area contributed by atoms with Crippen molar-refractivity contribution in [2.24, 2.45) is 0 Å². The molecule has 2 aromatic carbocycles. The highest BCUT2D eigenvalue weighted by molar-refractivity contribution is 6.35. The Morgan fingerprint density at radius 3 is 2.59 bits per heavy atom. The van der Waals surface area contributed by atoms with Gasteiger partial charge in [0.05, 0.1) is 24.5 Å². The second kappa shape index (κ2) is 8.64. The van der Waals surface area contributed by atoms with E-state index >= 15 is 0 Å². The summed E-state index contributed by atoms with van der Waals surface area (Å²) in [5.41, 5.74) is 1.65. The first-order chi connectivity index (χ1) is 14.0. The summed E-state index contributed by atoms with van der Waals surface area (Å²) in [6, 6.07) is 12.8. The lowest BCUT2D eigenvalue weighted by molar-refractivity contribution is -0.198. The number of ether oxygens (including phenoxy) is 3. The zero-order chi connectivity index (χ0) is 20.4. The van der Waals surface area contributed by atoms with Crippen LogP contribution in [0.4, 0.5) is 0 Å². The fraction of sp³-hybridized carbons (Fsp3) is 0.286. The molecule has 2 heterocycles. The fourth-order valence-electron chi connectivity index (χ4n) is 3.56. The number of halogens is 3. The fourth-order valence-corrected chi connectivity index (χ4v) is 4.24. The predicted molar refractivity (Wildman–Crippen MR) is 112 cm³/mol. The van der Waals surface area contributed by atoms with E-state index in [0.29, 0.717) is 33.8 Å². The molecule has 0 radical (unpaired) electrons. The lowest BCUT2D eigenvalue weighted by atomic mass is 10.0. The van der Waals surface area contributed by atoms with E-state index in [1.807, 2.05) is 41.1 Å². The van der Waals surface area contributed by atoms with Crippen molar-refractivity contribution < 1.29 is 14.2 Å². The zero-order valence-corrected chi connectivity index (χ0v) is 17.9. The molecule has 3 aromatic rings. The predicted octanol–water partition coefficient (Wildman–Crippen LogP) is 5.50. The summed E-state index contributed by atoms with van der Waals surface area (Å²) >= 11 is 18.6. The summed E-state index contributed by atoms with van der Waals surface area (Å²) < 4.78 is 20.4. The van der Waals surface area contributed by atoms with E-state index in [4.69, 9.17) is 49.0 Å². The summed E-state index contributed by atoms with van der Waals surface area (Å²) in [4.78, 5) is 4.11. The Hall–Kier alpha value is -1.60. The number of methoxy groups -OCH3 is 1. The van der Waals surface area contributed by atoms with Crippen molar-refractivity contribution in [3.05, 3.63) is 87.4 Å². The maximum absolute atomic E-state index is 6.52. The molecule has 0 spiro atoms. The molecule has 1 fully saturated rings. The number of hydrogen-bond acceptors (Lipinski definition) is 4. The highest BCUT2D eigenvalue weighted by Gasteiger charge is 2.47. The second-order valence-electron chi connectivity index (χ2n) is 6.79. The Bertz CT molecular complexity index is 966. The van der Waals surface area contributed by atoms with E-state index in [-0.39, 0.29) is 12.2 Å². The van der Waals surface area contributed by atoms with Crippen LogP contribution in [-0.2, 0) is 26.5 Å². The second-order valence-corrected chi connectivity index (χ2v) is 8.07. The van der Waals surface area contributed by atoms with E-state index in [1.165, 1.54) is 0 Å². The Kier molecular flexibility index (Phi) is 6.16. The molecule has 3 atom stereocenters. The van der Waals surface area contributed by atoms with Crippen molar-refractivity contribution in [1.29, 1.82) is 0 Å². The number of hydrogen-bond donors (Lipinski definition) is 0. The lowest BCUT2D eigenvalue weighted by Crippen LogP contribution is -2.34. The first-order valence-corrected chi connectivity index (χ1v) is 10.2. The van der Waals surface area contributed by atoms with Gasteiger partial charge in [0.25, 0.3) is 0 Å². The lowest BCUT2D eigenvalue weighted by Gasteiger charge is -2.31. The maximum Gasteiger partial charge on any atom is 0.215 e. The smallest absolute Gasteiger partial charge is 0.215 e. The summed E-state index contributed by atoms with van der Waals surface area (Å²) in [5.74, 6) is -1.10.